The van der Waals surface area contributed by atoms with Gasteiger partial charge in [0.25, 0.3) is 0 Å². The molecule has 2 rings (SSSR count). The van der Waals surface area contributed by atoms with Gasteiger partial charge in [0.15, 0.2) is 5.82 Å². The van der Waals surface area contributed by atoms with Gasteiger partial charge in [0, 0.05) is 6.42 Å². The van der Waals surface area contributed by atoms with Crippen LogP contribution in [0.2, 0.25) is 0 Å². The number of nitrogens with zero attached hydrogens (tertiary/aromatic N) is 2. The van der Waals surface area contributed by atoms with Crippen LogP contribution in [0.1, 0.15) is 22.1 Å². The molecule has 0 fully saturated rings. The summed E-state index contributed by atoms with van der Waals surface area (Å²) in [5, 5.41) is 3.68. The van der Waals surface area contributed by atoms with E-state index in [1.807, 2.05) is 35.8 Å². The second kappa shape index (κ2) is 4.54. The lowest BCUT2D eigenvalue weighted by molar-refractivity contribution is 0.0910. The van der Waals surface area contributed by atoms with E-state index in [0.717, 1.165) is 5.56 Å². The molecule has 82 valence electrons. The van der Waals surface area contributed by atoms with Crippen molar-refractivity contribution < 1.29 is 9.32 Å². The summed E-state index contributed by atoms with van der Waals surface area (Å²) in [5.41, 5.74) is 2.97. The number of amides is 1. The van der Waals surface area contributed by atoms with E-state index in [0.29, 0.717) is 12.2 Å². The monoisotopic (exact) mass is 218 g/mol. The molecule has 0 atom stereocenters. The van der Waals surface area contributed by atoms with Crippen LogP contribution in [0.15, 0.2) is 34.9 Å². The van der Waals surface area contributed by atoms with Crippen molar-refractivity contribution in [2.75, 3.05) is 0 Å². The highest BCUT2D eigenvalue weighted by molar-refractivity contribution is 5.88. The van der Waals surface area contributed by atoms with Crippen LogP contribution in [-0.4, -0.2) is 16.0 Å². The predicted molar refractivity (Wildman–Crippen MR) is 55.2 cm³/mol. The zero-order valence-corrected chi connectivity index (χ0v) is 8.38. The van der Waals surface area contributed by atoms with Gasteiger partial charge in [0.05, 0.1) is 0 Å². The molecule has 3 N–H and O–H groups in total. The van der Waals surface area contributed by atoms with Crippen LogP contribution in [0.25, 0.3) is 0 Å². The average Bonchev–Trinajstić information content (AvgIpc) is 2.78. The molecule has 16 heavy (non-hydrogen) atoms. The summed E-state index contributed by atoms with van der Waals surface area (Å²) >= 11 is 0. The molecule has 6 heteroatoms. The first-order valence-corrected chi connectivity index (χ1v) is 4.67. The first kappa shape index (κ1) is 10.3. The van der Waals surface area contributed by atoms with Crippen molar-refractivity contribution in [1.82, 2.24) is 15.6 Å². The Morgan fingerprint density at radius 1 is 1.38 bits per heavy atom. The number of hydrogen-bond acceptors (Lipinski definition) is 5. The standard InChI is InChI=1S/C10H10N4O2/c11-13-9(15)10-12-8(14-16-10)6-7-4-2-1-3-5-7/h1-5H,6,11H2,(H,13,15). The van der Waals surface area contributed by atoms with Gasteiger partial charge in [-0.2, -0.15) is 4.98 Å². The van der Waals surface area contributed by atoms with E-state index in [-0.39, 0.29) is 5.89 Å². The van der Waals surface area contributed by atoms with E-state index < -0.39 is 5.91 Å². The number of hydrazine groups is 1. The first-order valence-electron chi connectivity index (χ1n) is 4.67. The van der Waals surface area contributed by atoms with Crippen LogP contribution in [0, 0.1) is 0 Å². The van der Waals surface area contributed by atoms with Crippen molar-refractivity contribution >= 4 is 5.91 Å². The van der Waals surface area contributed by atoms with E-state index >= 15 is 0 Å². The topological polar surface area (TPSA) is 94.0 Å². The number of carbonyl (C=O) groups excluding carboxylic acids is 1. The maximum atomic E-state index is 11.0. The molecule has 0 saturated heterocycles. The Kier molecular flexibility index (Phi) is 2.93. The number of aromatic nitrogens is 2. The van der Waals surface area contributed by atoms with Gasteiger partial charge in [-0.25, -0.2) is 5.84 Å². The number of benzene rings is 1. The molecule has 2 aromatic rings. The number of nitrogen functional groups attached to an aromatic ring is 1. The van der Waals surface area contributed by atoms with Gasteiger partial charge in [-0.3, -0.25) is 10.2 Å². The molecule has 0 aliphatic carbocycles. The van der Waals surface area contributed by atoms with Crippen LogP contribution in [0.4, 0.5) is 0 Å². The van der Waals surface area contributed by atoms with E-state index in [2.05, 4.69) is 10.1 Å². The molecule has 0 bridgehead atoms. The normalized spacial score (nSPS) is 10.1. The van der Waals surface area contributed by atoms with Crippen molar-refractivity contribution in [3.8, 4) is 0 Å². The zero-order valence-electron chi connectivity index (χ0n) is 8.38. The van der Waals surface area contributed by atoms with Gasteiger partial charge < -0.3 is 4.52 Å². The van der Waals surface area contributed by atoms with Crippen LogP contribution in [0.3, 0.4) is 0 Å². The van der Waals surface area contributed by atoms with Crippen molar-refractivity contribution in [3.05, 3.63) is 47.6 Å². The fraction of sp³-hybridized carbons (Fsp3) is 0.100. The molecule has 1 aromatic heterocycles. The molecule has 1 amide bonds. The van der Waals surface area contributed by atoms with Gasteiger partial charge >= 0.3 is 11.8 Å². The third kappa shape index (κ3) is 2.23. The first-order chi connectivity index (χ1) is 7.79. The Bertz CT molecular complexity index is 481. The molecule has 0 aliphatic rings. The van der Waals surface area contributed by atoms with E-state index in [1.54, 1.807) is 0 Å². The van der Waals surface area contributed by atoms with Crippen molar-refractivity contribution in [3.63, 3.8) is 0 Å². The van der Waals surface area contributed by atoms with Crippen LogP contribution >= 0.6 is 0 Å². The molecule has 6 nitrogen and oxygen atoms in total. The lowest BCUT2D eigenvalue weighted by atomic mass is 10.1. The summed E-state index contributed by atoms with van der Waals surface area (Å²) in [7, 11) is 0. The molecular formula is C10H10N4O2. The summed E-state index contributed by atoms with van der Waals surface area (Å²) < 4.78 is 4.74. The number of rotatable bonds is 3. The number of hydrogen-bond donors (Lipinski definition) is 2. The Morgan fingerprint density at radius 2 is 2.12 bits per heavy atom. The molecule has 1 heterocycles. The van der Waals surface area contributed by atoms with Gasteiger partial charge in [-0.1, -0.05) is 35.5 Å². The smallest absolute Gasteiger partial charge is 0.323 e. The lowest BCUT2D eigenvalue weighted by Crippen LogP contribution is -2.30. The summed E-state index contributed by atoms with van der Waals surface area (Å²) in [6.07, 6.45) is 0.516. The maximum absolute atomic E-state index is 11.0. The van der Waals surface area contributed by atoms with Gasteiger partial charge in [-0.05, 0) is 5.56 Å². The SMILES string of the molecule is NNC(=O)c1nc(Cc2ccccc2)no1. The fourth-order valence-corrected chi connectivity index (χ4v) is 1.26. The molecule has 0 unspecified atom stereocenters. The second-order valence-electron chi connectivity index (χ2n) is 3.15. The maximum Gasteiger partial charge on any atom is 0.323 e. The van der Waals surface area contributed by atoms with E-state index in [4.69, 9.17) is 10.4 Å². The molecule has 0 radical (unpaired) electrons. The summed E-state index contributed by atoms with van der Waals surface area (Å²) in [6.45, 7) is 0. The molecule has 1 aromatic carbocycles. The van der Waals surface area contributed by atoms with Gasteiger partial charge in [0.2, 0.25) is 0 Å². The largest absolute Gasteiger partial charge is 0.328 e. The van der Waals surface area contributed by atoms with Gasteiger partial charge in [0.1, 0.15) is 0 Å². The molecule has 0 spiro atoms. The van der Waals surface area contributed by atoms with E-state index in [9.17, 15) is 4.79 Å². The van der Waals surface area contributed by atoms with Crippen LogP contribution in [-0.2, 0) is 6.42 Å². The fourth-order valence-electron chi connectivity index (χ4n) is 1.26. The van der Waals surface area contributed by atoms with Crippen LogP contribution in [0.5, 0.6) is 0 Å². The van der Waals surface area contributed by atoms with E-state index in [1.165, 1.54) is 0 Å². The average molecular weight is 218 g/mol. The summed E-state index contributed by atoms with van der Waals surface area (Å²) in [5.74, 6) is 4.67. The van der Waals surface area contributed by atoms with Gasteiger partial charge in [-0.15, -0.1) is 0 Å². The second-order valence-corrected chi connectivity index (χ2v) is 3.15. The highest BCUT2D eigenvalue weighted by Crippen LogP contribution is 2.06. The Morgan fingerprint density at radius 3 is 2.81 bits per heavy atom. The lowest BCUT2D eigenvalue weighted by Gasteiger charge is -1.93. The Labute approximate surface area is 91.4 Å². The minimum absolute atomic E-state index is 0.131. The Hall–Kier alpha value is -2.21. The number of nitrogens with two attached hydrogens (primary N) is 1. The third-order valence-corrected chi connectivity index (χ3v) is 2.00. The summed E-state index contributed by atoms with van der Waals surface area (Å²) in [4.78, 5) is 15.0. The van der Waals surface area contributed by atoms with Crippen molar-refractivity contribution in [2.24, 2.45) is 5.84 Å². The highest BCUT2D eigenvalue weighted by atomic mass is 16.5. The molecule has 0 saturated carbocycles. The minimum Gasteiger partial charge on any atom is -0.328 e. The molecular weight excluding hydrogens is 208 g/mol. The third-order valence-electron chi connectivity index (χ3n) is 2.00. The zero-order chi connectivity index (χ0) is 11.4. The quantitative estimate of drug-likeness (QED) is 0.438. The molecule has 0 aliphatic heterocycles. The number of carbonyl (C=O) groups is 1. The van der Waals surface area contributed by atoms with Crippen molar-refractivity contribution in [2.45, 2.75) is 6.42 Å². The van der Waals surface area contributed by atoms with Crippen LogP contribution < -0.4 is 11.3 Å². The Balaban J connectivity index is 2.12. The highest BCUT2D eigenvalue weighted by Gasteiger charge is 2.13. The predicted octanol–water partition coefficient (Wildman–Crippen LogP) is 0.264. The number of nitrogens with one attached hydrogen (secondary N) is 1. The summed E-state index contributed by atoms with van der Waals surface area (Å²) in [6, 6.07) is 9.65. The minimum atomic E-state index is -0.591. The van der Waals surface area contributed by atoms with Crippen molar-refractivity contribution in [1.29, 1.82) is 0 Å².